The van der Waals surface area contributed by atoms with E-state index in [9.17, 15) is 4.79 Å². The van der Waals surface area contributed by atoms with Gasteiger partial charge < -0.3 is 15.4 Å². The number of carbonyl (C=O) groups excluding carboxylic acids is 1. The number of rotatable bonds is 1. The van der Waals surface area contributed by atoms with Gasteiger partial charge in [-0.25, -0.2) is 4.79 Å². The third kappa shape index (κ3) is 3.60. The summed E-state index contributed by atoms with van der Waals surface area (Å²) in [6.45, 7) is 6.49. The number of ether oxygens (including phenoxy) is 1. The van der Waals surface area contributed by atoms with Crippen molar-refractivity contribution in [2.24, 2.45) is 12.8 Å². The minimum atomic E-state index is -0.506. The maximum absolute atomic E-state index is 12.1. The fraction of sp³-hybridized carbons (Fsp3) is 0.571. The summed E-state index contributed by atoms with van der Waals surface area (Å²) in [5.74, 6) is 0. The molecule has 1 amide bonds. The smallest absolute Gasteiger partial charge is 0.410 e. The van der Waals surface area contributed by atoms with Crippen molar-refractivity contribution in [1.82, 2.24) is 14.7 Å². The van der Waals surface area contributed by atoms with Crippen molar-refractivity contribution in [1.29, 1.82) is 0 Å². The molecule has 1 aromatic rings. The van der Waals surface area contributed by atoms with Gasteiger partial charge in [0, 0.05) is 25.8 Å². The molecule has 0 fully saturated rings. The summed E-state index contributed by atoms with van der Waals surface area (Å²) in [7, 11) is 1.86. The zero-order valence-corrected chi connectivity index (χ0v) is 12.5. The second-order valence-electron chi connectivity index (χ2n) is 6.09. The Bertz CT molecular complexity index is 528. The van der Waals surface area contributed by atoms with E-state index in [1.165, 1.54) is 0 Å². The van der Waals surface area contributed by atoms with Crippen LogP contribution in [0.5, 0.6) is 0 Å². The molecule has 1 atom stereocenters. The van der Waals surface area contributed by atoms with Gasteiger partial charge in [0.2, 0.25) is 0 Å². The van der Waals surface area contributed by atoms with Gasteiger partial charge >= 0.3 is 6.09 Å². The highest BCUT2D eigenvalue weighted by Crippen LogP contribution is 2.20. The number of amides is 1. The first-order chi connectivity index (χ1) is 9.24. The number of carbonyl (C=O) groups is 1. The van der Waals surface area contributed by atoms with Crippen molar-refractivity contribution < 1.29 is 9.53 Å². The first kappa shape index (κ1) is 14.6. The summed E-state index contributed by atoms with van der Waals surface area (Å²) in [5.41, 5.74) is 7.29. The molecule has 2 rings (SSSR count). The minimum Gasteiger partial charge on any atom is -0.444 e. The van der Waals surface area contributed by atoms with Crippen LogP contribution in [0, 0.1) is 0 Å². The van der Waals surface area contributed by atoms with Gasteiger partial charge in [-0.15, -0.1) is 0 Å². The van der Waals surface area contributed by atoms with E-state index >= 15 is 0 Å². The average molecular weight is 278 g/mol. The van der Waals surface area contributed by atoms with Crippen LogP contribution in [0.3, 0.4) is 0 Å². The normalized spacial score (nSPS) is 19.8. The van der Waals surface area contributed by atoms with Crippen molar-refractivity contribution in [3.05, 3.63) is 24.0 Å². The summed E-state index contributed by atoms with van der Waals surface area (Å²) in [6, 6.07) is 1.71. The molecule has 0 saturated carbocycles. The lowest BCUT2D eigenvalue weighted by Crippen LogP contribution is -2.46. The van der Waals surface area contributed by atoms with Crippen molar-refractivity contribution in [3.8, 4) is 0 Å². The van der Waals surface area contributed by atoms with Crippen LogP contribution in [-0.2, 0) is 11.8 Å². The van der Waals surface area contributed by atoms with E-state index in [0.29, 0.717) is 13.1 Å². The van der Waals surface area contributed by atoms with Gasteiger partial charge in [-0.3, -0.25) is 4.68 Å². The monoisotopic (exact) mass is 278 g/mol. The fourth-order valence-corrected chi connectivity index (χ4v) is 2.11. The third-order valence-corrected chi connectivity index (χ3v) is 2.90. The standard InChI is InChI=1S/C14H22N4O2/c1-14(2,3)20-13(19)18-8-10(7-11(15)9-18)12-5-6-17(4)16-12/h5-7,11H,8-9,15H2,1-4H3. The van der Waals surface area contributed by atoms with Gasteiger partial charge in [0.1, 0.15) is 5.60 Å². The molecule has 6 nitrogen and oxygen atoms in total. The molecule has 1 aliphatic rings. The van der Waals surface area contributed by atoms with Crippen molar-refractivity contribution in [3.63, 3.8) is 0 Å². The van der Waals surface area contributed by atoms with E-state index in [0.717, 1.165) is 11.3 Å². The van der Waals surface area contributed by atoms with E-state index in [1.54, 1.807) is 9.58 Å². The Morgan fingerprint density at radius 2 is 2.20 bits per heavy atom. The second-order valence-corrected chi connectivity index (χ2v) is 6.09. The Kier molecular flexibility index (Phi) is 3.85. The van der Waals surface area contributed by atoms with Crippen LogP contribution < -0.4 is 5.73 Å². The maximum atomic E-state index is 12.1. The van der Waals surface area contributed by atoms with Gasteiger partial charge in [0.15, 0.2) is 0 Å². The molecule has 0 aliphatic carbocycles. The number of hydrogen-bond donors (Lipinski definition) is 1. The number of nitrogens with zero attached hydrogens (tertiary/aromatic N) is 3. The topological polar surface area (TPSA) is 73.4 Å². The van der Waals surface area contributed by atoms with Crippen LogP contribution in [0.15, 0.2) is 18.3 Å². The molecule has 1 unspecified atom stereocenters. The molecular formula is C14H22N4O2. The number of aromatic nitrogens is 2. The van der Waals surface area contributed by atoms with Gasteiger partial charge in [-0.2, -0.15) is 5.10 Å². The van der Waals surface area contributed by atoms with E-state index in [-0.39, 0.29) is 12.1 Å². The highest BCUT2D eigenvalue weighted by atomic mass is 16.6. The largest absolute Gasteiger partial charge is 0.444 e. The van der Waals surface area contributed by atoms with Gasteiger partial charge in [0.25, 0.3) is 0 Å². The Hall–Kier alpha value is -1.82. The molecule has 6 heteroatoms. The maximum Gasteiger partial charge on any atom is 0.410 e. The lowest BCUT2D eigenvalue weighted by molar-refractivity contribution is 0.0265. The van der Waals surface area contributed by atoms with Gasteiger partial charge in [-0.1, -0.05) is 6.08 Å². The Balaban J connectivity index is 2.12. The third-order valence-electron chi connectivity index (χ3n) is 2.90. The fourth-order valence-electron chi connectivity index (χ4n) is 2.11. The molecule has 0 bridgehead atoms. The molecule has 0 radical (unpaired) electrons. The minimum absolute atomic E-state index is 0.201. The van der Waals surface area contributed by atoms with Crippen LogP contribution in [-0.4, -0.2) is 45.5 Å². The van der Waals surface area contributed by atoms with Crippen LogP contribution in [0.25, 0.3) is 5.57 Å². The molecule has 2 N–H and O–H groups in total. The molecule has 110 valence electrons. The van der Waals surface area contributed by atoms with Crippen LogP contribution in [0.1, 0.15) is 26.5 Å². The van der Waals surface area contributed by atoms with Crippen LogP contribution in [0.2, 0.25) is 0 Å². The van der Waals surface area contributed by atoms with Crippen molar-refractivity contribution in [2.45, 2.75) is 32.4 Å². The molecule has 2 heterocycles. The number of hydrogen-bond acceptors (Lipinski definition) is 4. The lowest BCUT2D eigenvalue weighted by atomic mass is 10.0. The zero-order valence-electron chi connectivity index (χ0n) is 12.5. The van der Waals surface area contributed by atoms with Crippen molar-refractivity contribution in [2.75, 3.05) is 13.1 Å². The Labute approximate surface area is 119 Å². The molecule has 1 aromatic heterocycles. The van der Waals surface area contributed by atoms with Gasteiger partial charge in [0.05, 0.1) is 12.2 Å². The van der Waals surface area contributed by atoms with E-state index < -0.39 is 5.60 Å². The summed E-state index contributed by atoms with van der Waals surface area (Å²) in [6.07, 6.45) is 3.49. The highest BCUT2D eigenvalue weighted by Gasteiger charge is 2.27. The predicted molar refractivity (Wildman–Crippen MR) is 77.0 cm³/mol. The highest BCUT2D eigenvalue weighted by molar-refractivity contribution is 5.74. The average Bonchev–Trinajstić information content (AvgIpc) is 2.73. The second kappa shape index (κ2) is 5.28. The summed E-state index contributed by atoms with van der Waals surface area (Å²) < 4.78 is 7.12. The van der Waals surface area contributed by atoms with Gasteiger partial charge in [-0.05, 0) is 32.4 Å². The molecule has 0 aromatic carbocycles. The first-order valence-electron chi connectivity index (χ1n) is 6.69. The van der Waals surface area contributed by atoms with E-state index in [2.05, 4.69) is 5.10 Å². The number of nitrogens with two attached hydrogens (primary N) is 1. The lowest BCUT2D eigenvalue weighted by Gasteiger charge is -2.32. The SMILES string of the molecule is Cn1ccc(C2=CC(N)CN(C(=O)OC(C)(C)C)C2)n1. The van der Waals surface area contributed by atoms with E-state index in [1.807, 2.05) is 46.2 Å². The summed E-state index contributed by atoms with van der Waals surface area (Å²) >= 11 is 0. The molecule has 0 saturated heterocycles. The van der Waals surface area contributed by atoms with Crippen LogP contribution >= 0.6 is 0 Å². The molecule has 1 aliphatic heterocycles. The zero-order chi connectivity index (χ0) is 14.9. The van der Waals surface area contributed by atoms with E-state index in [4.69, 9.17) is 10.5 Å². The quantitative estimate of drug-likeness (QED) is 0.842. The molecule has 20 heavy (non-hydrogen) atoms. The molecule has 0 spiro atoms. The summed E-state index contributed by atoms with van der Waals surface area (Å²) in [4.78, 5) is 13.8. The predicted octanol–water partition coefficient (Wildman–Crippen LogP) is 1.38. The summed E-state index contributed by atoms with van der Waals surface area (Å²) in [5, 5.41) is 4.35. The molecular weight excluding hydrogens is 256 g/mol. The van der Waals surface area contributed by atoms with Crippen molar-refractivity contribution >= 4 is 11.7 Å². The van der Waals surface area contributed by atoms with Crippen LogP contribution in [0.4, 0.5) is 4.79 Å². The first-order valence-corrected chi connectivity index (χ1v) is 6.69. The number of aryl methyl sites for hydroxylation is 1. The Morgan fingerprint density at radius 3 is 2.75 bits per heavy atom. The Morgan fingerprint density at radius 1 is 1.50 bits per heavy atom.